The van der Waals surface area contributed by atoms with Gasteiger partial charge >= 0.3 is 7.82 Å². The van der Waals surface area contributed by atoms with Crippen LogP contribution < -0.4 is 0 Å². The van der Waals surface area contributed by atoms with Crippen molar-refractivity contribution in [3.05, 3.63) is 37.0 Å². The fourth-order valence-electron chi connectivity index (χ4n) is 7.47. The maximum absolute atomic E-state index is 13.4. The van der Waals surface area contributed by atoms with Gasteiger partial charge in [-0.2, -0.15) is 4.57 Å². The molecule has 0 unspecified atom stereocenters. The number of phosphoric acid groups is 1. The lowest BCUT2D eigenvalue weighted by atomic mass is 10.0. The molecule has 4 nitrogen and oxygen atoms in total. The summed E-state index contributed by atoms with van der Waals surface area (Å²) in [4.78, 5) is 0. The first kappa shape index (κ1) is 54.9. The van der Waals surface area contributed by atoms with E-state index in [4.69, 9.17) is 13.6 Å². The highest BCUT2D eigenvalue weighted by atomic mass is 31.2. The maximum Gasteiger partial charge on any atom is 0.645 e. The van der Waals surface area contributed by atoms with E-state index >= 15 is 0 Å². The molecule has 0 aliphatic rings. The molecule has 0 atom stereocenters. The molecule has 0 rings (SSSR count). The molecule has 0 aliphatic heterocycles. The van der Waals surface area contributed by atoms with Crippen molar-refractivity contribution in [2.45, 2.75) is 290 Å². The van der Waals surface area contributed by atoms with Crippen molar-refractivity contribution in [3.8, 4) is 0 Å². The van der Waals surface area contributed by atoms with Gasteiger partial charge in [0.1, 0.15) is 0 Å². The van der Waals surface area contributed by atoms with Gasteiger partial charge in [0.05, 0.1) is 18.8 Å². The van der Waals surface area contributed by atoms with Crippen molar-refractivity contribution in [1.82, 2.24) is 0 Å². The van der Waals surface area contributed by atoms with Crippen LogP contribution in [0.15, 0.2) is 37.0 Å². The highest BCUT2D eigenvalue weighted by molar-refractivity contribution is 7.48. The molecule has 0 saturated carbocycles. The van der Waals surface area contributed by atoms with Gasteiger partial charge in [0.2, 0.25) is 0 Å². The van der Waals surface area contributed by atoms with E-state index in [1.807, 2.05) is 18.2 Å². The topological polar surface area (TPSA) is 44.8 Å². The number of rotatable bonds is 48. The molecule has 0 radical (unpaired) electrons. The van der Waals surface area contributed by atoms with Gasteiger partial charge in [-0.15, -0.1) is 0 Å². The summed E-state index contributed by atoms with van der Waals surface area (Å²) in [6.45, 7) is 6.86. The van der Waals surface area contributed by atoms with Crippen molar-refractivity contribution < 1.29 is 18.1 Å². The van der Waals surface area contributed by atoms with Crippen molar-refractivity contribution in [1.29, 1.82) is 0 Å². The molecule has 0 heterocycles. The summed E-state index contributed by atoms with van der Waals surface area (Å²) in [5.41, 5.74) is 0. The Balaban J connectivity index is 4.28. The van der Waals surface area contributed by atoms with E-state index in [9.17, 15) is 4.57 Å². The van der Waals surface area contributed by atoms with Crippen LogP contribution in [0.3, 0.4) is 0 Å². The Labute approximate surface area is 352 Å². The first-order valence-corrected chi connectivity index (χ1v) is 26.7. The van der Waals surface area contributed by atoms with Crippen molar-refractivity contribution in [2.75, 3.05) is 0 Å². The van der Waals surface area contributed by atoms with Crippen LogP contribution in [0.5, 0.6) is 0 Å². The summed E-state index contributed by atoms with van der Waals surface area (Å²) in [5.74, 6) is 0. The largest absolute Gasteiger partial charge is 0.645 e. The standard InChI is InChI=1S/C51H99O4P/c1-4-7-10-13-16-19-22-25-28-31-34-37-40-43-46-49-53-56(52,54-50-47-44-41-38-35-32-29-26-23-20-17-14-11-8-5-2)55-51-48-45-42-39-36-33-30-27-24-21-18-15-12-9-6-3/h46-51H,4-45H2,1-3H3. The molecular weight excluding hydrogens is 708 g/mol. The maximum atomic E-state index is 13.4. The molecule has 56 heavy (non-hydrogen) atoms. The first-order chi connectivity index (χ1) is 27.7. The zero-order chi connectivity index (χ0) is 40.6. The summed E-state index contributed by atoms with van der Waals surface area (Å²) in [6, 6.07) is 0. The third kappa shape index (κ3) is 45.6. The van der Waals surface area contributed by atoms with Gasteiger partial charge in [-0.1, -0.05) is 252 Å². The highest BCUT2D eigenvalue weighted by Crippen LogP contribution is 2.50. The van der Waals surface area contributed by atoms with Crippen LogP contribution in [0.25, 0.3) is 0 Å². The van der Waals surface area contributed by atoms with Gasteiger partial charge in [0.25, 0.3) is 0 Å². The van der Waals surface area contributed by atoms with Crippen LogP contribution in [0.2, 0.25) is 0 Å². The van der Waals surface area contributed by atoms with Crippen molar-refractivity contribution in [2.24, 2.45) is 0 Å². The SMILES string of the molecule is CCCCCCCCCCCCCCCC=COP(=O)(OC=CCCCCCCCCCCCCCCC)OC=CCCCCCCCCCCCCCCC. The molecule has 0 aromatic heterocycles. The van der Waals surface area contributed by atoms with E-state index in [0.29, 0.717) is 0 Å². The molecule has 0 spiro atoms. The quantitative estimate of drug-likeness (QED) is 0.0349. The number of unbranched alkanes of at least 4 members (excludes halogenated alkanes) is 39. The van der Waals surface area contributed by atoms with E-state index in [1.54, 1.807) is 0 Å². The molecular formula is C51H99O4P. The van der Waals surface area contributed by atoms with Gasteiger partial charge in [-0.3, -0.25) is 0 Å². The summed E-state index contributed by atoms with van der Waals surface area (Å²) in [6.07, 6.45) is 65.9. The summed E-state index contributed by atoms with van der Waals surface area (Å²) in [7, 11) is -3.74. The first-order valence-electron chi connectivity index (χ1n) is 25.3. The van der Waals surface area contributed by atoms with Crippen LogP contribution in [-0.4, -0.2) is 0 Å². The molecule has 0 saturated heterocycles. The van der Waals surface area contributed by atoms with Gasteiger partial charge in [-0.25, -0.2) is 0 Å². The molecule has 0 amide bonds. The molecule has 0 fully saturated rings. The second-order valence-corrected chi connectivity index (χ2v) is 18.5. The highest BCUT2D eigenvalue weighted by Gasteiger charge is 2.27. The summed E-state index contributed by atoms with van der Waals surface area (Å²) >= 11 is 0. The number of hydrogen-bond acceptors (Lipinski definition) is 4. The predicted molar refractivity (Wildman–Crippen MR) is 249 cm³/mol. The fourth-order valence-corrected chi connectivity index (χ4v) is 8.33. The van der Waals surface area contributed by atoms with E-state index in [0.717, 1.165) is 38.5 Å². The van der Waals surface area contributed by atoms with Crippen molar-refractivity contribution >= 4 is 7.82 Å². The average Bonchev–Trinajstić information content (AvgIpc) is 3.20. The van der Waals surface area contributed by atoms with Gasteiger partial charge in [0.15, 0.2) is 0 Å². The predicted octanol–water partition coefficient (Wildman–Crippen LogP) is 20.1. The van der Waals surface area contributed by atoms with Gasteiger partial charge in [-0.05, 0) is 56.8 Å². The molecule has 0 bridgehead atoms. The minimum absolute atomic E-state index is 0.918. The minimum atomic E-state index is -3.74. The Kier molecular flexibility index (Phi) is 47.2. The van der Waals surface area contributed by atoms with Crippen LogP contribution in [0, 0.1) is 0 Å². The lowest BCUT2D eigenvalue weighted by Crippen LogP contribution is -1.89. The Hall–Kier alpha value is -1.15. The molecule has 0 aromatic rings. The van der Waals surface area contributed by atoms with E-state index < -0.39 is 7.82 Å². The van der Waals surface area contributed by atoms with E-state index in [-0.39, 0.29) is 0 Å². The summed E-state index contributed by atoms with van der Waals surface area (Å²) < 4.78 is 30.3. The van der Waals surface area contributed by atoms with E-state index in [1.165, 1.54) is 250 Å². The molecule has 5 heteroatoms. The van der Waals surface area contributed by atoms with Crippen LogP contribution in [0.1, 0.15) is 290 Å². The van der Waals surface area contributed by atoms with Crippen molar-refractivity contribution in [3.63, 3.8) is 0 Å². The molecule has 0 N–H and O–H groups in total. The third-order valence-corrected chi connectivity index (χ3v) is 12.4. The number of hydrogen-bond donors (Lipinski definition) is 0. The third-order valence-electron chi connectivity index (χ3n) is 11.3. The number of phosphoric ester groups is 1. The van der Waals surface area contributed by atoms with Crippen LogP contribution >= 0.6 is 7.82 Å². The lowest BCUT2D eigenvalue weighted by Gasteiger charge is -2.13. The fraction of sp³-hybridized carbons (Fsp3) is 0.882. The van der Waals surface area contributed by atoms with E-state index in [2.05, 4.69) is 20.8 Å². The Bertz CT molecular complexity index is 759. The second kappa shape index (κ2) is 48.2. The normalized spacial score (nSPS) is 13.1. The lowest BCUT2D eigenvalue weighted by molar-refractivity contribution is 0.229. The molecule has 0 aliphatic carbocycles. The zero-order valence-electron chi connectivity index (χ0n) is 38.2. The summed E-state index contributed by atoms with van der Waals surface area (Å²) in [5, 5.41) is 0. The smallest absolute Gasteiger partial charge is 0.394 e. The second-order valence-electron chi connectivity index (χ2n) is 17.0. The molecule has 332 valence electrons. The Morgan fingerprint density at radius 2 is 0.429 bits per heavy atom. The van der Waals surface area contributed by atoms with Gasteiger partial charge in [0, 0.05) is 0 Å². The Morgan fingerprint density at radius 3 is 0.607 bits per heavy atom. The molecule has 0 aromatic carbocycles. The zero-order valence-corrected chi connectivity index (χ0v) is 39.1. The van der Waals surface area contributed by atoms with Gasteiger partial charge < -0.3 is 13.6 Å². The van der Waals surface area contributed by atoms with Crippen LogP contribution in [0.4, 0.5) is 0 Å². The Morgan fingerprint density at radius 1 is 0.268 bits per heavy atom. The number of allylic oxidation sites excluding steroid dienone is 3. The monoisotopic (exact) mass is 807 g/mol. The minimum Gasteiger partial charge on any atom is -0.394 e. The van der Waals surface area contributed by atoms with Crippen LogP contribution in [-0.2, 0) is 18.1 Å². The average molecular weight is 807 g/mol.